The number of fused-ring (bicyclic) bond motifs is 1. The number of hydrogen-bond donors (Lipinski definition) is 1. The molecule has 0 aliphatic heterocycles. The molecule has 1 N–H and O–H groups in total. The molecule has 0 fully saturated rings. The number of rotatable bonds is 5. The molecule has 0 spiro atoms. The molecular formula is C19H15F2NO3. The van der Waals surface area contributed by atoms with Crippen LogP contribution < -0.4 is 14.8 Å². The number of alkyl halides is 2. The Morgan fingerprint density at radius 2 is 1.60 bits per heavy atom. The molecule has 0 unspecified atom stereocenters. The summed E-state index contributed by atoms with van der Waals surface area (Å²) in [5, 5.41) is 4.39. The smallest absolute Gasteiger partial charge is 0.387 e. The first-order chi connectivity index (χ1) is 12.1. The molecule has 0 aliphatic rings. The number of anilines is 1. The second-order valence-electron chi connectivity index (χ2n) is 5.23. The lowest BCUT2D eigenvalue weighted by Gasteiger charge is -2.14. The summed E-state index contributed by atoms with van der Waals surface area (Å²) in [5.74, 6) is -0.193. The molecule has 0 saturated heterocycles. The number of amides is 1. The van der Waals surface area contributed by atoms with Gasteiger partial charge in [-0.1, -0.05) is 36.4 Å². The molecular weight excluding hydrogens is 328 g/mol. The van der Waals surface area contributed by atoms with Gasteiger partial charge in [0, 0.05) is 0 Å². The van der Waals surface area contributed by atoms with E-state index in [0.29, 0.717) is 11.3 Å². The molecule has 0 atom stereocenters. The summed E-state index contributed by atoms with van der Waals surface area (Å²) in [4.78, 5) is 12.6. The van der Waals surface area contributed by atoms with Crippen molar-refractivity contribution in [3.8, 4) is 11.5 Å². The molecule has 3 aromatic carbocycles. The number of halogens is 2. The zero-order valence-corrected chi connectivity index (χ0v) is 13.3. The number of carbonyl (C=O) groups is 1. The van der Waals surface area contributed by atoms with Crippen LogP contribution in [0, 0.1) is 0 Å². The van der Waals surface area contributed by atoms with Crippen molar-refractivity contribution in [2.75, 3.05) is 12.4 Å². The van der Waals surface area contributed by atoms with Gasteiger partial charge in [-0.05, 0) is 35.0 Å². The molecule has 1 amide bonds. The van der Waals surface area contributed by atoms with Crippen LogP contribution in [-0.2, 0) is 0 Å². The van der Waals surface area contributed by atoms with Crippen LogP contribution in [0.5, 0.6) is 11.5 Å². The molecule has 0 saturated carbocycles. The number of carbonyl (C=O) groups excluding carboxylic acids is 1. The minimum atomic E-state index is -2.98. The summed E-state index contributed by atoms with van der Waals surface area (Å²) < 4.78 is 34.7. The zero-order chi connectivity index (χ0) is 17.8. The number of methoxy groups -OCH3 is 1. The van der Waals surface area contributed by atoms with Crippen molar-refractivity contribution in [3.63, 3.8) is 0 Å². The van der Waals surface area contributed by atoms with Crippen molar-refractivity contribution in [1.82, 2.24) is 0 Å². The molecule has 0 radical (unpaired) electrons. The number of nitrogens with one attached hydrogen (secondary N) is 1. The fourth-order valence-electron chi connectivity index (χ4n) is 2.52. The normalized spacial score (nSPS) is 10.7. The van der Waals surface area contributed by atoms with E-state index < -0.39 is 12.5 Å². The maximum Gasteiger partial charge on any atom is 0.387 e. The summed E-state index contributed by atoms with van der Waals surface area (Å²) in [6.45, 7) is -2.98. The van der Waals surface area contributed by atoms with Crippen LogP contribution >= 0.6 is 0 Å². The number of ether oxygens (including phenoxy) is 2. The highest BCUT2D eigenvalue weighted by molar-refractivity contribution is 6.09. The van der Waals surface area contributed by atoms with Crippen LogP contribution in [0.25, 0.3) is 10.8 Å². The van der Waals surface area contributed by atoms with Crippen LogP contribution in [0.15, 0.2) is 60.7 Å². The van der Waals surface area contributed by atoms with E-state index >= 15 is 0 Å². The van der Waals surface area contributed by atoms with Gasteiger partial charge in [0.25, 0.3) is 5.91 Å². The molecule has 0 aromatic heterocycles. The number of benzene rings is 3. The average molecular weight is 343 g/mol. The molecule has 0 bridgehead atoms. The van der Waals surface area contributed by atoms with E-state index in [1.165, 1.54) is 19.2 Å². The lowest BCUT2D eigenvalue weighted by Crippen LogP contribution is -2.15. The fraction of sp³-hybridized carbons (Fsp3) is 0.105. The van der Waals surface area contributed by atoms with E-state index in [2.05, 4.69) is 10.1 Å². The van der Waals surface area contributed by atoms with E-state index in [1.807, 2.05) is 24.3 Å². The first kappa shape index (κ1) is 16.7. The summed E-state index contributed by atoms with van der Waals surface area (Å²) in [7, 11) is 1.47. The largest absolute Gasteiger partial charge is 0.496 e. The molecule has 4 nitrogen and oxygen atoms in total. The summed E-state index contributed by atoms with van der Waals surface area (Å²) >= 11 is 0. The third kappa shape index (κ3) is 3.68. The third-order valence-corrected chi connectivity index (χ3v) is 3.66. The SMILES string of the molecule is COc1cc2ccccc2cc1C(=O)Nc1ccccc1OC(F)F. The van der Waals surface area contributed by atoms with Gasteiger partial charge in [0.15, 0.2) is 0 Å². The van der Waals surface area contributed by atoms with Crippen molar-refractivity contribution in [1.29, 1.82) is 0 Å². The zero-order valence-electron chi connectivity index (χ0n) is 13.3. The average Bonchev–Trinajstić information content (AvgIpc) is 2.61. The van der Waals surface area contributed by atoms with Crippen LogP contribution in [0.2, 0.25) is 0 Å². The van der Waals surface area contributed by atoms with E-state index in [-0.39, 0.29) is 11.4 Å². The molecule has 3 rings (SSSR count). The quantitative estimate of drug-likeness (QED) is 0.730. The van der Waals surface area contributed by atoms with Gasteiger partial charge in [-0.2, -0.15) is 8.78 Å². The van der Waals surface area contributed by atoms with Crippen molar-refractivity contribution in [3.05, 3.63) is 66.2 Å². The maximum absolute atomic E-state index is 12.6. The predicted octanol–water partition coefficient (Wildman–Crippen LogP) is 4.70. The predicted molar refractivity (Wildman–Crippen MR) is 91.5 cm³/mol. The molecule has 128 valence electrons. The lowest BCUT2D eigenvalue weighted by molar-refractivity contribution is -0.0493. The van der Waals surface area contributed by atoms with E-state index in [9.17, 15) is 13.6 Å². The van der Waals surface area contributed by atoms with Crippen LogP contribution in [0.1, 0.15) is 10.4 Å². The summed E-state index contributed by atoms with van der Waals surface area (Å²) in [5.41, 5.74) is 0.455. The van der Waals surface area contributed by atoms with Gasteiger partial charge < -0.3 is 14.8 Å². The lowest BCUT2D eigenvalue weighted by atomic mass is 10.1. The number of para-hydroxylation sites is 2. The second-order valence-corrected chi connectivity index (χ2v) is 5.23. The Morgan fingerprint density at radius 1 is 0.960 bits per heavy atom. The van der Waals surface area contributed by atoms with Gasteiger partial charge in [0.2, 0.25) is 0 Å². The third-order valence-electron chi connectivity index (χ3n) is 3.66. The molecule has 0 heterocycles. The van der Waals surface area contributed by atoms with E-state index in [1.54, 1.807) is 24.3 Å². The highest BCUT2D eigenvalue weighted by Crippen LogP contribution is 2.29. The number of hydrogen-bond acceptors (Lipinski definition) is 3. The maximum atomic E-state index is 12.6. The summed E-state index contributed by atoms with van der Waals surface area (Å²) in [6, 6.07) is 17.0. The Bertz CT molecular complexity index is 912. The minimum absolute atomic E-state index is 0.106. The summed E-state index contributed by atoms with van der Waals surface area (Å²) in [6.07, 6.45) is 0. The monoisotopic (exact) mass is 343 g/mol. The topological polar surface area (TPSA) is 47.6 Å². The highest BCUT2D eigenvalue weighted by atomic mass is 19.3. The molecule has 3 aromatic rings. The van der Waals surface area contributed by atoms with Crippen molar-refractivity contribution in [2.45, 2.75) is 6.61 Å². The Morgan fingerprint density at radius 3 is 2.28 bits per heavy atom. The van der Waals surface area contributed by atoms with Gasteiger partial charge in [-0.15, -0.1) is 0 Å². The van der Waals surface area contributed by atoms with Crippen LogP contribution in [0.4, 0.5) is 14.5 Å². The van der Waals surface area contributed by atoms with Gasteiger partial charge >= 0.3 is 6.61 Å². The Hall–Kier alpha value is -3.15. The second kappa shape index (κ2) is 7.17. The van der Waals surface area contributed by atoms with Gasteiger partial charge in [-0.25, -0.2) is 0 Å². The first-order valence-electron chi connectivity index (χ1n) is 7.50. The fourth-order valence-corrected chi connectivity index (χ4v) is 2.52. The van der Waals surface area contributed by atoms with Crippen molar-refractivity contribution in [2.24, 2.45) is 0 Å². The van der Waals surface area contributed by atoms with Gasteiger partial charge in [0.1, 0.15) is 11.5 Å². The van der Waals surface area contributed by atoms with E-state index in [0.717, 1.165) is 10.8 Å². The highest BCUT2D eigenvalue weighted by Gasteiger charge is 2.16. The Labute approximate surface area is 143 Å². The molecule has 6 heteroatoms. The van der Waals surface area contributed by atoms with Crippen LogP contribution in [-0.4, -0.2) is 19.6 Å². The van der Waals surface area contributed by atoms with Crippen molar-refractivity contribution < 1.29 is 23.0 Å². The van der Waals surface area contributed by atoms with Crippen LogP contribution in [0.3, 0.4) is 0 Å². The van der Waals surface area contributed by atoms with E-state index in [4.69, 9.17) is 4.74 Å². The Balaban J connectivity index is 1.95. The molecule has 25 heavy (non-hydrogen) atoms. The Kier molecular flexibility index (Phi) is 4.79. The van der Waals surface area contributed by atoms with Gasteiger partial charge in [-0.3, -0.25) is 4.79 Å². The standard InChI is InChI=1S/C19H15F2NO3/c1-24-17-11-13-7-3-2-6-12(13)10-14(17)18(23)22-15-8-4-5-9-16(15)25-19(20)21/h2-11,19H,1H3,(H,22,23). The first-order valence-corrected chi connectivity index (χ1v) is 7.50. The van der Waals surface area contributed by atoms with Gasteiger partial charge in [0.05, 0.1) is 18.4 Å². The minimum Gasteiger partial charge on any atom is -0.496 e. The van der Waals surface area contributed by atoms with Crippen molar-refractivity contribution >= 4 is 22.4 Å². The molecule has 0 aliphatic carbocycles.